The van der Waals surface area contributed by atoms with Crippen molar-refractivity contribution in [2.75, 3.05) is 5.32 Å². The van der Waals surface area contributed by atoms with Gasteiger partial charge in [-0.25, -0.2) is 15.0 Å². The number of rotatable bonds is 4. The van der Waals surface area contributed by atoms with Gasteiger partial charge in [0.1, 0.15) is 11.9 Å². The number of aliphatic hydroxyl groups is 1. The van der Waals surface area contributed by atoms with E-state index in [4.69, 9.17) is 5.26 Å². The van der Waals surface area contributed by atoms with Gasteiger partial charge in [0.2, 0.25) is 5.82 Å². The molecule has 1 aromatic carbocycles. The molecule has 3 rings (SSSR count). The van der Waals surface area contributed by atoms with E-state index < -0.39 is 0 Å². The number of hydrogen-bond acceptors (Lipinski definition) is 6. The van der Waals surface area contributed by atoms with Crippen molar-refractivity contribution in [3.05, 3.63) is 66.4 Å². The topological polar surface area (TPSA) is 94.7 Å². The van der Waals surface area contributed by atoms with Crippen LogP contribution in [0.4, 0.5) is 11.5 Å². The van der Waals surface area contributed by atoms with Crippen LogP contribution in [0.3, 0.4) is 0 Å². The van der Waals surface area contributed by atoms with Crippen LogP contribution in [0.2, 0.25) is 0 Å². The minimum absolute atomic E-state index is 0.00836. The van der Waals surface area contributed by atoms with Gasteiger partial charge in [-0.15, -0.1) is 0 Å². The first-order valence-corrected chi connectivity index (χ1v) is 6.94. The SMILES string of the molecule is N#Cc1ncc(-c2ccnc(Nc3cccc(CO)c3)c2)cn1. The Morgan fingerprint density at radius 1 is 1.04 bits per heavy atom. The highest BCUT2D eigenvalue weighted by Gasteiger charge is 2.03. The van der Waals surface area contributed by atoms with Gasteiger partial charge < -0.3 is 10.4 Å². The van der Waals surface area contributed by atoms with Gasteiger partial charge in [-0.3, -0.25) is 0 Å². The number of hydrogen-bond donors (Lipinski definition) is 2. The predicted molar refractivity (Wildman–Crippen MR) is 85.6 cm³/mol. The van der Waals surface area contributed by atoms with E-state index in [1.165, 1.54) is 0 Å². The van der Waals surface area contributed by atoms with Gasteiger partial charge in [-0.1, -0.05) is 12.1 Å². The normalized spacial score (nSPS) is 10.1. The minimum Gasteiger partial charge on any atom is -0.392 e. The molecule has 0 aliphatic heterocycles. The second-order valence-corrected chi connectivity index (χ2v) is 4.82. The number of anilines is 2. The van der Waals surface area contributed by atoms with Crippen LogP contribution < -0.4 is 5.32 Å². The van der Waals surface area contributed by atoms with Gasteiger partial charge in [0.05, 0.1) is 6.61 Å². The zero-order chi connectivity index (χ0) is 16.1. The van der Waals surface area contributed by atoms with E-state index in [2.05, 4.69) is 20.3 Å². The highest BCUT2D eigenvalue weighted by atomic mass is 16.3. The summed E-state index contributed by atoms with van der Waals surface area (Å²) in [6.07, 6.45) is 4.90. The smallest absolute Gasteiger partial charge is 0.232 e. The number of aliphatic hydroxyl groups excluding tert-OH is 1. The van der Waals surface area contributed by atoms with Crippen molar-refractivity contribution in [1.29, 1.82) is 5.26 Å². The molecule has 23 heavy (non-hydrogen) atoms. The third-order valence-electron chi connectivity index (χ3n) is 3.23. The number of pyridine rings is 1. The van der Waals surface area contributed by atoms with Crippen LogP contribution in [0.25, 0.3) is 11.1 Å². The summed E-state index contributed by atoms with van der Waals surface area (Å²) in [7, 11) is 0. The summed E-state index contributed by atoms with van der Waals surface area (Å²) in [5, 5.41) is 21.1. The van der Waals surface area contributed by atoms with Gasteiger partial charge in [-0.05, 0) is 35.4 Å². The van der Waals surface area contributed by atoms with E-state index >= 15 is 0 Å². The van der Waals surface area contributed by atoms with Crippen LogP contribution in [-0.2, 0) is 6.61 Å². The maximum atomic E-state index is 9.18. The van der Waals surface area contributed by atoms with Gasteiger partial charge >= 0.3 is 0 Å². The van der Waals surface area contributed by atoms with Gasteiger partial charge in [0.25, 0.3) is 0 Å². The summed E-state index contributed by atoms with van der Waals surface area (Å²) in [6.45, 7) is -0.00836. The van der Waals surface area contributed by atoms with Crippen LogP contribution in [0.1, 0.15) is 11.4 Å². The average molecular weight is 303 g/mol. The maximum absolute atomic E-state index is 9.18. The lowest BCUT2D eigenvalue weighted by molar-refractivity contribution is 0.282. The average Bonchev–Trinajstić information content (AvgIpc) is 2.62. The van der Waals surface area contributed by atoms with Crippen molar-refractivity contribution in [3.63, 3.8) is 0 Å². The van der Waals surface area contributed by atoms with E-state index in [0.29, 0.717) is 5.82 Å². The molecule has 0 aliphatic rings. The van der Waals surface area contributed by atoms with Crippen molar-refractivity contribution < 1.29 is 5.11 Å². The van der Waals surface area contributed by atoms with Crippen molar-refractivity contribution in [2.45, 2.75) is 6.61 Å². The number of nitrogens with one attached hydrogen (secondary N) is 1. The molecule has 2 aromatic heterocycles. The maximum Gasteiger partial charge on any atom is 0.232 e. The number of nitriles is 1. The Kier molecular flexibility index (Phi) is 4.22. The number of benzene rings is 1. The summed E-state index contributed by atoms with van der Waals surface area (Å²) in [4.78, 5) is 12.2. The zero-order valence-electron chi connectivity index (χ0n) is 12.1. The monoisotopic (exact) mass is 303 g/mol. The summed E-state index contributed by atoms with van der Waals surface area (Å²) in [5.41, 5.74) is 3.37. The van der Waals surface area contributed by atoms with Crippen LogP contribution in [-0.4, -0.2) is 20.1 Å². The summed E-state index contributed by atoms with van der Waals surface area (Å²) in [5.74, 6) is 0.809. The Morgan fingerprint density at radius 3 is 2.61 bits per heavy atom. The molecule has 0 saturated carbocycles. The Balaban J connectivity index is 1.85. The summed E-state index contributed by atoms with van der Waals surface area (Å²) in [6, 6.07) is 13.1. The lowest BCUT2D eigenvalue weighted by Gasteiger charge is -2.08. The number of nitrogens with zero attached hydrogens (tertiary/aromatic N) is 4. The van der Waals surface area contributed by atoms with Crippen LogP contribution in [0.15, 0.2) is 55.0 Å². The molecule has 112 valence electrons. The summed E-state index contributed by atoms with van der Waals surface area (Å²) < 4.78 is 0. The van der Waals surface area contributed by atoms with E-state index in [0.717, 1.165) is 22.4 Å². The van der Waals surface area contributed by atoms with Crippen LogP contribution >= 0.6 is 0 Å². The first kappa shape index (κ1) is 14.6. The van der Waals surface area contributed by atoms with Crippen LogP contribution in [0.5, 0.6) is 0 Å². The molecule has 0 amide bonds. The minimum atomic E-state index is -0.00836. The van der Waals surface area contributed by atoms with Gasteiger partial charge in [-0.2, -0.15) is 5.26 Å². The third-order valence-corrected chi connectivity index (χ3v) is 3.23. The zero-order valence-corrected chi connectivity index (χ0v) is 12.1. The molecule has 0 aliphatic carbocycles. The molecule has 0 bridgehead atoms. The molecule has 0 unspecified atom stereocenters. The molecule has 0 radical (unpaired) electrons. The van der Waals surface area contributed by atoms with Gasteiger partial charge in [0, 0.05) is 29.8 Å². The highest BCUT2D eigenvalue weighted by Crippen LogP contribution is 2.22. The van der Waals surface area contributed by atoms with Crippen molar-refractivity contribution in [2.24, 2.45) is 0 Å². The number of aromatic nitrogens is 3. The first-order chi connectivity index (χ1) is 11.3. The summed E-state index contributed by atoms with van der Waals surface area (Å²) >= 11 is 0. The fourth-order valence-corrected chi connectivity index (χ4v) is 2.11. The first-order valence-electron chi connectivity index (χ1n) is 6.94. The molecule has 0 spiro atoms. The Morgan fingerprint density at radius 2 is 1.87 bits per heavy atom. The van der Waals surface area contributed by atoms with Crippen LogP contribution in [0, 0.1) is 11.3 Å². The fourth-order valence-electron chi connectivity index (χ4n) is 2.11. The molecular weight excluding hydrogens is 290 g/mol. The Hall–Kier alpha value is -3.30. The van der Waals surface area contributed by atoms with E-state index in [1.807, 2.05) is 42.5 Å². The Bertz CT molecular complexity index is 855. The predicted octanol–water partition coefficient (Wildman–Crippen LogP) is 2.65. The standard InChI is InChI=1S/C17H13N5O/c18-8-17-20-9-14(10-21-17)13-4-5-19-16(7-13)22-15-3-1-2-12(6-15)11-23/h1-7,9-10,23H,11H2,(H,19,22). The van der Waals surface area contributed by atoms with E-state index in [1.54, 1.807) is 18.6 Å². The fraction of sp³-hybridized carbons (Fsp3) is 0.0588. The molecule has 2 N–H and O–H groups in total. The molecule has 6 heteroatoms. The molecule has 6 nitrogen and oxygen atoms in total. The lowest BCUT2D eigenvalue weighted by atomic mass is 10.1. The van der Waals surface area contributed by atoms with Crippen molar-refractivity contribution in [3.8, 4) is 17.2 Å². The van der Waals surface area contributed by atoms with Crippen molar-refractivity contribution in [1.82, 2.24) is 15.0 Å². The molecule has 3 aromatic rings. The largest absolute Gasteiger partial charge is 0.392 e. The second kappa shape index (κ2) is 6.64. The van der Waals surface area contributed by atoms with Crippen molar-refractivity contribution >= 4 is 11.5 Å². The third kappa shape index (κ3) is 3.48. The van der Waals surface area contributed by atoms with E-state index in [9.17, 15) is 5.11 Å². The molecule has 2 heterocycles. The van der Waals surface area contributed by atoms with E-state index in [-0.39, 0.29) is 12.4 Å². The highest BCUT2D eigenvalue weighted by molar-refractivity contribution is 5.67. The quantitative estimate of drug-likeness (QED) is 0.769. The molecule has 0 fully saturated rings. The molecular formula is C17H13N5O. The van der Waals surface area contributed by atoms with Gasteiger partial charge in [0.15, 0.2) is 0 Å². The lowest BCUT2D eigenvalue weighted by Crippen LogP contribution is -1.95. The molecule has 0 saturated heterocycles. The second-order valence-electron chi connectivity index (χ2n) is 4.82. The molecule has 0 atom stereocenters. The Labute approximate surface area is 133 Å².